The molecular formula is C26H28Cl2N6O. The second-order valence-corrected chi connectivity index (χ2v) is 10.1. The fourth-order valence-corrected chi connectivity index (χ4v) is 5.59. The molecule has 0 radical (unpaired) electrons. The van der Waals surface area contributed by atoms with Gasteiger partial charge in [-0.1, -0.05) is 29.6 Å². The topological polar surface area (TPSA) is 100 Å². The van der Waals surface area contributed by atoms with Gasteiger partial charge < -0.3 is 20.7 Å². The molecule has 4 N–H and O–H groups in total. The summed E-state index contributed by atoms with van der Waals surface area (Å²) in [6.45, 7) is 4.92. The lowest BCUT2D eigenvalue weighted by molar-refractivity contribution is 0.201. The van der Waals surface area contributed by atoms with Gasteiger partial charge in [0.25, 0.3) is 0 Å². The van der Waals surface area contributed by atoms with Crippen LogP contribution in [0.5, 0.6) is 5.75 Å². The molecule has 2 aromatic heterocycles. The molecule has 182 valence electrons. The molecule has 0 unspecified atom stereocenters. The second-order valence-electron chi connectivity index (χ2n) is 9.33. The molecule has 0 aliphatic carbocycles. The molecule has 4 heterocycles. The largest absolute Gasteiger partial charge is 0.486 e. The van der Waals surface area contributed by atoms with E-state index >= 15 is 0 Å². The maximum Gasteiger partial charge on any atom is 0.128 e. The Morgan fingerprint density at radius 3 is 2.57 bits per heavy atom. The lowest BCUT2D eigenvalue weighted by Gasteiger charge is -2.53. The van der Waals surface area contributed by atoms with Crippen LogP contribution in [0.2, 0.25) is 10.0 Å². The minimum Gasteiger partial charge on any atom is -0.486 e. The van der Waals surface area contributed by atoms with E-state index in [9.17, 15) is 0 Å². The zero-order valence-electron chi connectivity index (χ0n) is 19.5. The van der Waals surface area contributed by atoms with Gasteiger partial charge in [0, 0.05) is 54.1 Å². The predicted molar refractivity (Wildman–Crippen MR) is 141 cm³/mol. The van der Waals surface area contributed by atoms with Crippen molar-refractivity contribution >= 4 is 40.4 Å². The molecular weight excluding hydrogens is 483 g/mol. The number of aromatic nitrogens is 2. The number of hydrogen-bond donors (Lipinski definition) is 3. The number of ether oxygens (including phenoxy) is 1. The second kappa shape index (κ2) is 9.64. The summed E-state index contributed by atoms with van der Waals surface area (Å²) in [6, 6.07) is 9.17. The van der Waals surface area contributed by atoms with Crippen molar-refractivity contribution in [2.45, 2.75) is 37.8 Å². The fourth-order valence-electron chi connectivity index (χ4n) is 4.92. The number of benzene rings is 1. The van der Waals surface area contributed by atoms with Crippen molar-refractivity contribution in [3.8, 4) is 5.75 Å². The van der Waals surface area contributed by atoms with Crippen molar-refractivity contribution in [2.24, 2.45) is 0 Å². The maximum absolute atomic E-state index is 8.77. The Balaban J connectivity index is 1.29. The zero-order chi connectivity index (χ0) is 24.6. The van der Waals surface area contributed by atoms with Gasteiger partial charge in [0.2, 0.25) is 0 Å². The van der Waals surface area contributed by atoms with E-state index in [2.05, 4.69) is 20.2 Å². The van der Waals surface area contributed by atoms with Crippen molar-refractivity contribution < 1.29 is 4.74 Å². The number of nitrogens with two attached hydrogens (primary N) is 1. The molecule has 0 bridgehead atoms. The first-order chi connectivity index (χ1) is 16.8. The van der Waals surface area contributed by atoms with Gasteiger partial charge >= 0.3 is 0 Å². The maximum atomic E-state index is 8.77. The Morgan fingerprint density at radius 2 is 1.91 bits per heavy atom. The Labute approximate surface area is 215 Å². The van der Waals surface area contributed by atoms with Crippen LogP contribution in [-0.2, 0) is 0 Å². The average Bonchev–Trinajstić information content (AvgIpc) is 2.84. The van der Waals surface area contributed by atoms with E-state index in [-0.39, 0.29) is 11.3 Å². The van der Waals surface area contributed by atoms with Gasteiger partial charge in [-0.05, 0) is 56.6 Å². The van der Waals surface area contributed by atoms with Gasteiger partial charge in [-0.25, -0.2) is 4.98 Å². The van der Waals surface area contributed by atoms with Crippen LogP contribution in [0.1, 0.15) is 49.0 Å². The number of nitrogens with zero attached hydrogens (tertiary/aromatic N) is 3. The van der Waals surface area contributed by atoms with E-state index in [0.29, 0.717) is 38.2 Å². The minimum absolute atomic E-state index is 0.252. The summed E-state index contributed by atoms with van der Waals surface area (Å²) in [4.78, 5) is 10.9. The third-order valence-corrected chi connectivity index (χ3v) is 7.44. The van der Waals surface area contributed by atoms with Gasteiger partial charge in [0.15, 0.2) is 0 Å². The molecule has 0 saturated carbocycles. The normalized spacial score (nSPS) is 17.6. The first-order valence-electron chi connectivity index (χ1n) is 11.8. The Morgan fingerprint density at radius 1 is 1.14 bits per heavy atom. The lowest BCUT2D eigenvalue weighted by atomic mass is 9.82. The molecule has 3 aromatic rings. The van der Waals surface area contributed by atoms with E-state index in [1.165, 1.54) is 31.7 Å². The van der Waals surface area contributed by atoms with Crippen LogP contribution in [0.25, 0.3) is 0 Å². The summed E-state index contributed by atoms with van der Waals surface area (Å²) in [5, 5.41) is 13.3. The molecule has 2 aliphatic heterocycles. The summed E-state index contributed by atoms with van der Waals surface area (Å²) in [7, 11) is 0. The molecule has 1 atom stereocenters. The van der Waals surface area contributed by atoms with Crippen molar-refractivity contribution in [3.05, 3.63) is 75.7 Å². The molecule has 1 spiro atoms. The highest BCUT2D eigenvalue weighted by atomic mass is 35.5. The first-order valence-corrected chi connectivity index (χ1v) is 12.5. The van der Waals surface area contributed by atoms with Gasteiger partial charge in [-0.15, -0.1) is 0 Å². The smallest absolute Gasteiger partial charge is 0.128 e. The highest BCUT2D eigenvalue weighted by Crippen LogP contribution is 2.34. The highest BCUT2D eigenvalue weighted by molar-refractivity contribution is 6.35. The van der Waals surface area contributed by atoms with Crippen molar-refractivity contribution in [2.75, 3.05) is 30.3 Å². The van der Waals surface area contributed by atoms with Crippen LogP contribution in [-0.4, -0.2) is 40.9 Å². The van der Waals surface area contributed by atoms with Gasteiger partial charge in [0.1, 0.15) is 17.7 Å². The summed E-state index contributed by atoms with van der Waals surface area (Å²) in [6.07, 6.45) is 8.17. The van der Waals surface area contributed by atoms with Crippen LogP contribution >= 0.6 is 23.2 Å². The summed E-state index contributed by atoms with van der Waals surface area (Å²) >= 11 is 12.5. The van der Waals surface area contributed by atoms with E-state index in [1.807, 2.05) is 19.1 Å². The number of nitrogens with one attached hydrogen (secondary N) is 2. The predicted octanol–water partition coefficient (Wildman–Crippen LogP) is 5.25. The third kappa shape index (κ3) is 4.81. The van der Waals surface area contributed by atoms with E-state index in [0.717, 1.165) is 25.5 Å². The van der Waals surface area contributed by atoms with Crippen LogP contribution < -0.4 is 20.7 Å². The van der Waals surface area contributed by atoms with Gasteiger partial charge in [0.05, 0.1) is 21.3 Å². The van der Waals surface area contributed by atoms with Crippen LogP contribution in [0.3, 0.4) is 0 Å². The fraction of sp³-hybridized carbons (Fsp3) is 0.346. The third-order valence-electron chi connectivity index (χ3n) is 6.83. The highest BCUT2D eigenvalue weighted by Gasteiger charge is 2.43. The Kier molecular flexibility index (Phi) is 6.57. The summed E-state index contributed by atoms with van der Waals surface area (Å²) in [5.74, 6) is 1.50. The molecule has 2 fully saturated rings. The number of halogens is 2. The minimum atomic E-state index is -0.414. The quantitative estimate of drug-likeness (QED) is 0.309. The standard InChI is InChI=1S/C26H28Cl2N6O/c1-16(24-20(27)12-31-13-21(24)28)35-18-5-6-22(29)19(10-18)25(30)17-4-7-23(32-11-17)34-14-26(15-34)8-2-3-9-33-26/h4-7,10-13,16,30,33H,2-3,8-9,14-15,29H2,1H3/t16-/m1/s1. The number of nitrogen functional groups attached to an aromatic ring is 1. The lowest BCUT2D eigenvalue weighted by Crippen LogP contribution is -2.70. The molecule has 1 aromatic carbocycles. The molecule has 2 saturated heterocycles. The van der Waals surface area contributed by atoms with Crippen molar-refractivity contribution in [3.63, 3.8) is 0 Å². The van der Waals surface area contributed by atoms with Crippen LogP contribution in [0, 0.1) is 5.41 Å². The number of pyridine rings is 2. The molecule has 2 aliphatic rings. The van der Waals surface area contributed by atoms with Gasteiger partial charge in [-0.2, -0.15) is 0 Å². The molecule has 35 heavy (non-hydrogen) atoms. The van der Waals surface area contributed by atoms with E-state index in [1.54, 1.807) is 24.4 Å². The van der Waals surface area contributed by atoms with Crippen molar-refractivity contribution in [1.82, 2.24) is 15.3 Å². The number of rotatable bonds is 6. The number of piperidine rings is 1. The average molecular weight is 511 g/mol. The van der Waals surface area contributed by atoms with Crippen LogP contribution in [0.15, 0.2) is 48.9 Å². The molecule has 5 rings (SSSR count). The number of anilines is 2. The SMILES string of the molecule is C[C@@H](Oc1ccc(N)c(C(=N)c2ccc(N3CC4(CCCCN4)C3)nc2)c1)c1c(Cl)cncc1Cl. The monoisotopic (exact) mass is 510 g/mol. The van der Waals surface area contributed by atoms with Crippen molar-refractivity contribution in [1.29, 1.82) is 5.41 Å². The molecule has 9 heteroatoms. The van der Waals surface area contributed by atoms with Gasteiger partial charge in [-0.3, -0.25) is 10.4 Å². The zero-order valence-corrected chi connectivity index (χ0v) is 21.0. The van der Waals surface area contributed by atoms with E-state index in [4.69, 9.17) is 39.1 Å². The molecule has 7 nitrogen and oxygen atoms in total. The Bertz CT molecular complexity index is 1210. The molecule has 0 amide bonds. The first kappa shape index (κ1) is 23.9. The summed E-state index contributed by atoms with van der Waals surface area (Å²) in [5.41, 5.74) is 9.18. The number of hydrogen-bond acceptors (Lipinski definition) is 7. The van der Waals surface area contributed by atoms with E-state index < -0.39 is 6.10 Å². The Hall–Kier alpha value is -2.87. The summed E-state index contributed by atoms with van der Waals surface area (Å²) < 4.78 is 6.09. The van der Waals surface area contributed by atoms with Crippen LogP contribution in [0.4, 0.5) is 11.5 Å².